The van der Waals surface area contributed by atoms with E-state index in [2.05, 4.69) is 24.8 Å². The molecule has 2 aliphatic heterocycles. The van der Waals surface area contributed by atoms with Crippen LogP contribution in [-0.4, -0.2) is 76.3 Å². The zero-order valence-corrected chi connectivity index (χ0v) is 25.7. The summed E-state index contributed by atoms with van der Waals surface area (Å²) < 4.78 is 39.1. The van der Waals surface area contributed by atoms with E-state index in [1.165, 1.54) is 35.5 Å². The molecule has 2 atom stereocenters. The van der Waals surface area contributed by atoms with Crippen LogP contribution < -0.4 is 20.1 Å². The molecule has 226 valence electrons. The van der Waals surface area contributed by atoms with Gasteiger partial charge in [-0.25, -0.2) is 14.1 Å². The molecule has 0 aliphatic carbocycles. The van der Waals surface area contributed by atoms with Crippen LogP contribution in [0.3, 0.4) is 0 Å². The predicted molar refractivity (Wildman–Crippen MR) is 155 cm³/mol. The van der Waals surface area contributed by atoms with Crippen molar-refractivity contribution >= 4 is 82.8 Å². The van der Waals surface area contributed by atoms with Crippen molar-refractivity contribution in [2.75, 3.05) is 17.4 Å². The number of pyridine rings is 1. The third kappa shape index (κ3) is 6.90. The number of β-lactam (4-membered cyclic amide) rings is 1. The van der Waals surface area contributed by atoms with Gasteiger partial charge in [-0.3, -0.25) is 19.6 Å². The number of nitrogens with zero attached hydrogens (tertiary/aromatic N) is 6. The number of thioether (sulfide) groups is 2. The number of hydrogen-bond acceptors (Lipinski definition) is 14. The van der Waals surface area contributed by atoms with Crippen LogP contribution in [0, 0.1) is 0 Å². The largest absolute Gasteiger partial charge is 0.543 e. The van der Waals surface area contributed by atoms with E-state index in [-0.39, 0.29) is 29.0 Å². The molecule has 2 amide bonds. The molecule has 0 aromatic carbocycles. The summed E-state index contributed by atoms with van der Waals surface area (Å²) in [7, 11) is -4.70. The smallest absolute Gasteiger partial charge is 0.429 e. The fraction of sp³-hybridized carbons (Fsp3) is 0.273. The number of aromatic nitrogens is 4. The SMILES string of the molecule is [2H]C([2H])([2H])[n+]1ccc(-c2csc(SC3=C(C(=O)[O-])N4C(=O)[C@@H](NC(=O)/C(=N\OCC)c5nsc(NP(=O)(O)O)n5)[C@H]4SC3)n2)cc1. The summed E-state index contributed by atoms with van der Waals surface area (Å²) in [6.45, 7) is -0.674. The van der Waals surface area contributed by atoms with Crippen LogP contribution >= 0.6 is 54.1 Å². The van der Waals surface area contributed by atoms with Crippen molar-refractivity contribution in [1.29, 1.82) is 0 Å². The maximum absolute atomic E-state index is 13.2. The third-order valence-electron chi connectivity index (χ3n) is 5.61. The van der Waals surface area contributed by atoms with Gasteiger partial charge in [0.15, 0.2) is 16.7 Å². The van der Waals surface area contributed by atoms with Crippen molar-refractivity contribution in [3.05, 3.63) is 46.3 Å². The zero-order valence-electron chi connectivity index (χ0n) is 24.6. The molecule has 0 spiro atoms. The van der Waals surface area contributed by atoms with Crippen LogP contribution in [0.5, 0.6) is 0 Å². The molecule has 4 N–H and O–H groups in total. The Kier molecular flexibility index (Phi) is 8.02. The molecule has 5 rings (SSSR count). The number of thiazole rings is 1. The van der Waals surface area contributed by atoms with E-state index in [0.717, 1.165) is 21.2 Å². The highest BCUT2D eigenvalue weighted by molar-refractivity contribution is 8.07. The average Bonchev–Trinajstić information content (AvgIpc) is 3.64. The standard InChI is InChI=1S/C22H21N8O8PS4/c1-3-38-26-13(16-25-21(43-28-16)27-39(35,36)37)17(31)24-14-18(32)30-15(20(33)34)12(9-40-19(14)30)42-22-23-11(8-41-22)10-4-6-29(2)7-5-10/h4-8,14,19H,3,9H2,1-2H3,(H4-,24,25,27,28,31,33,34,35,36,37)/b26-13-/t14-,19-/m1/s1/i2D3. The fourth-order valence-electron chi connectivity index (χ4n) is 3.81. The highest BCUT2D eigenvalue weighted by Crippen LogP contribution is 2.45. The Morgan fingerprint density at radius 3 is 2.81 bits per heavy atom. The molecule has 43 heavy (non-hydrogen) atoms. The van der Waals surface area contributed by atoms with Crippen LogP contribution in [-0.2, 0) is 30.8 Å². The topological polar surface area (TPSA) is 223 Å². The van der Waals surface area contributed by atoms with E-state index >= 15 is 0 Å². The first kappa shape index (κ1) is 27.2. The summed E-state index contributed by atoms with van der Waals surface area (Å²) in [5.74, 6) is -3.42. The lowest BCUT2D eigenvalue weighted by molar-refractivity contribution is -0.671. The van der Waals surface area contributed by atoms with Gasteiger partial charge in [-0.1, -0.05) is 16.9 Å². The molecule has 0 bridgehead atoms. The number of aryl methyl sites for hydroxylation is 1. The number of carboxylic acid groups (broad SMARTS) is 1. The highest BCUT2D eigenvalue weighted by atomic mass is 32.2. The Labute approximate surface area is 263 Å². The van der Waals surface area contributed by atoms with Crippen molar-refractivity contribution in [2.24, 2.45) is 12.1 Å². The molecule has 16 nitrogen and oxygen atoms in total. The van der Waals surface area contributed by atoms with Gasteiger partial charge in [0, 0.05) is 45.3 Å². The zero-order chi connectivity index (χ0) is 33.4. The van der Waals surface area contributed by atoms with Crippen LogP contribution in [0.25, 0.3) is 11.3 Å². The van der Waals surface area contributed by atoms with Gasteiger partial charge in [-0.2, -0.15) is 9.36 Å². The van der Waals surface area contributed by atoms with Gasteiger partial charge in [-0.15, -0.1) is 23.1 Å². The van der Waals surface area contributed by atoms with Crippen molar-refractivity contribution < 1.29 is 47.4 Å². The summed E-state index contributed by atoms with van der Waals surface area (Å²) in [4.78, 5) is 71.4. The molecular formula is C22H21N8O8PS4. The lowest BCUT2D eigenvalue weighted by atomic mass is 10.0. The van der Waals surface area contributed by atoms with E-state index in [0.29, 0.717) is 32.0 Å². The van der Waals surface area contributed by atoms with Gasteiger partial charge in [0.25, 0.3) is 11.8 Å². The van der Waals surface area contributed by atoms with Crippen molar-refractivity contribution in [2.45, 2.75) is 22.7 Å². The number of nitrogens with one attached hydrogen (secondary N) is 2. The molecule has 3 aromatic rings. The molecule has 0 radical (unpaired) electrons. The molecule has 21 heteroatoms. The number of oxime groups is 1. The molecular weight excluding hydrogens is 664 g/mol. The second kappa shape index (κ2) is 12.7. The Morgan fingerprint density at radius 1 is 1.37 bits per heavy atom. The Hall–Kier alpha value is -3.39. The number of fused-ring (bicyclic) bond motifs is 1. The Morgan fingerprint density at radius 2 is 2.14 bits per heavy atom. The Bertz CT molecular complexity index is 1800. The first-order valence-electron chi connectivity index (χ1n) is 13.4. The van der Waals surface area contributed by atoms with Crippen molar-refractivity contribution in [3.8, 4) is 11.3 Å². The highest BCUT2D eigenvalue weighted by Gasteiger charge is 2.53. The normalized spacial score (nSPS) is 20.0. The fourth-order valence-corrected chi connectivity index (χ4v) is 8.52. The second-order valence-corrected chi connectivity index (χ2v) is 13.8. The first-order valence-corrected chi connectivity index (χ1v) is 17.0. The van der Waals surface area contributed by atoms with Crippen LogP contribution in [0.2, 0.25) is 0 Å². The number of rotatable bonds is 11. The summed E-state index contributed by atoms with van der Waals surface area (Å²) in [6.07, 6.45) is 2.82. The predicted octanol–water partition coefficient (Wildman–Crippen LogP) is -0.115. The minimum Gasteiger partial charge on any atom is -0.543 e. The number of hydrogen-bond donors (Lipinski definition) is 4. The van der Waals surface area contributed by atoms with E-state index in [4.69, 9.17) is 18.7 Å². The molecule has 2 aliphatic rings. The summed E-state index contributed by atoms with van der Waals surface area (Å²) in [5.41, 5.74) is 0.384. The number of amides is 2. The monoisotopic (exact) mass is 687 g/mol. The lowest BCUT2D eigenvalue weighted by Gasteiger charge is -2.50. The van der Waals surface area contributed by atoms with E-state index in [1.54, 1.807) is 24.4 Å². The maximum atomic E-state index is 13.2. The molecule has 1 fully saturated rings. The van der Waals surface area contributed by atoms with E-state index in [1.807, 2.05) is 5.09 Å². The molecule has 1 saturated heterocycles. The molecule has 3 aromatic heterocycles. The van der Waals surface area contributed by atoms with Crippen LogP contribution in [0.1, 0.15) is 16.9 Å². The summed E-state index contributed by atoms with van der Waals surface area (Å²) in [5, 5.41) is 20.9. The lowest BCUT2D eigenvalue weighted by Crippen LogP contribution is -2.71. The van der Waals surface area contributed by atoms with E-state index in [9.17, 15) is 24.1 Å². The van der Waals surface area contributed by atoms with Gasteiger partial charge < -0.3 is 29.8 Å². The third-order valence-corrected chi connectivity index (χ3v) is 10.4. The minimum atomic E-state index is -4.70. The average molecular weight is 688 g/mol. The van der Waals surface area contributed by atoms with Gasteiger partial charge in [0.05, 0.1) is 17.4 Å². The number of carbonyl (C=O) groups is 3. The summed E-state index contributed by atoms with van der Waals surface area (Å²) in [6, 6.07) is 2.05. The van der Waals surface area contributed by atoms with Crippen LogP contribution in [0.15, 0.2) is 50.0 Å². The summed E-state index contributed by atoms with van der Waals surface area (Å²) >= 11 is 4.05. The number of aliphatic carboxylic acids is 1. The molecule has 5 heterocycles. The van der Waals surface area contributed by atoms with Gasteiger partial charge in [0.1, 0.15) is 29.1 Å². The van der Waals surface area contributed by atoms with Gasteiger partial charge in [0.2, 0.25) is 16.7 Å². The number of carbonyl (C=O) groups excluding carboxylic acids is 3. The van der Waals surface area contributed by atoms with Crippen molar-refractivity contribution in [3.63, 3.8) is 0 Å². The van der Waals surface area contributed by atoms with Gasteiger partial charge in [-0.05, 0) is 6.92 Å². The van der Waals surface area contributed by atoms with Gasteiger partial charge >= 0.3 is 7.75 Å². The number of anilines is 1. The van der Waals surface area contributed by atoms with E-state index < -0.39 is 49.6 Å². The molecule has 0 saturated carbocycles. The molecule has 0 unspecified atom stereocenters. The maximum Gasteiger partial charge on any atom is 0.429 e. The Balaban J connectivity index is 1.30. The quantitative estimate of drug-likeness (QED) is 0.0679. The second-order valence-electron chi connectivity index (χ2n) is 8.45. The van der Waals surface area contributed by atoms with Crippen LogP contribution in [0.4, 0.5) is 5.13 Å². The number of carboxylic acids is 1. The first-order chi connectivity index (χ1) is 21.7. The minimum absolute atomic E-state index is 0.0555. The van der Waals surface area contributed by atoms with Crippen molar-refractivity contribution in [1.82, 2.24) is 24.6 Å².